The molecule has 0 aliphatic carbocycles. The van der Waals surface area contributed by atoms with Gasteiger partial charge in [0.1, 0.15) is 6.10 Å². The second kappa shape index (κ2) is 12.6. The zero-order valence-corrected chi connectivity index (χ0v) is 14.9. The lowest BCUT2D eigenvalue weighted by Gasteiger charge is -2.19. The highest BCUT2D eigenvalue weighted by Gasteiger charge is 2.12. The molecule has 0 saturated carbocycles. The summed E-state index contributed by atoms with van der Waals surface area (Å²) < 4.78 is 22.3. The van der Waals surface area contributed by atoms with E-state index in [-0.39, 0.29) is 6.10 Å². The van der Waals surface area contributed by atoms with Crippen molar-refractivity contribution in [2.45, 2.75) is 19.1 Å². The van der Waals surface area contributed by atoms with Gasteiger partial charge in [0.25, 0.3) is 0 Å². The van der Waals surface area contributed by atoms with Crippen molar-refractivity contribution < 1.29 is 18.9 Å². The van der Waals surface area contributed by atoms with Gasteiger partial charge in [-0.15, -0.1) is 0 Å². The maximum atomic E-state index is 6.10. The van der Waals surface area contributed by atoms with Crippen LogP contribution in [0.4, 0.5) is 0 Å². The first kappa shape index (κ1) is 19.6. The highest BCUT2D eigenvalue weighted by atomic mass is 16.5. The Morgan fingerprint density at radius 2 is 1.44 bits per heavy atom. The molecule has 0 saturated heterocycles. The summed E-state index contributed by atoms with van der Waals surface area (Å²) in [4.78, 5) is 0. The fourth-order valence-corrected chi connectivity index (χ4v) is 2.38. The van der Waals surface area contributed by atoms with Crippen molar-refractivity contribution in [2.24, 2.45) is 0 Å². The van der Waals surface area contributed by atoms with Gasteiger partial charge in [0.05, 0.1) is 26.4 Å². The smallest absolute Gasteiger partial charge is 0.106 e. The third-order valence-electron chi connectivity index (χ3n) is 3.74. The van der Waals surface area contributed by atoms with Gasteiger partial charge >= 0.3 is 0 Å². The van der Waals surface area contributed by atoms with Gasteiger partial charge in [-0.1, -0.05) is 60.7 Å². The number of benzene rings is 2. The molecular weight excluding hydrogens is 316 g/mol. The number of methoxy groups -OCH3 is 1. The van der Waals surface area contributed by atoms with Crippen LogP contribution in [0, 0.1) is 0 Å². The number of rotatable bonds is 13. The Morgan fingerprint density at radius 1 is 0.760 bits per heavy atom. The van der Waals surface area contributed by atoms with Crippen LogP contribution >= 0.6 is 0 Å². The van der Waals surface area contributed by atoms with E-state index in [1.54, 1.807) is 7.11 Å². The van der Waals surface area contributed by atoms with E-state index in [1.165, 1.54) is 0 Å². The first-order valence-electron chi connectivity index (χ1n) is 8.75. The predicted molar refractivity (Wildman–Crippen MR) is 98.5 cm³/mol. The Balaban J connectivity index is 1.73. The highest BCUT2D eigenvalue weighted by Crippen LogP contribution is 2.19. The predicted octanol–water partition coefficient (Wildman–Crippen LogP) is 4.01. The molecule has 136 valence electrons. The van der Waals surface area contributed by atoms with E-state index in [2.05, 4.69) is 24.3 Å². The molecule has 0 fully saturated rings. The minimum Gasteiger partial charge on any atom is -0.382 e. The molecule has 1 atom stereocenters. The summed E-state index contributed by atoms with van der Waals surface area (Å²) in [7, 11) is 1.67. The quantitative estimate of drug-likeness (QED) is 0.515. The van der Waals surface area contributed by atoms with Gasteiger partial charge < -0.3 is 18.9 Å². The SMILES string of the molecule is COCCOCCCOCC(OCc1ccccc1)c1ccccc1. The van der Waals surface area contributed by atoms with Crippen LogP contribution in [-0.4, -0.2) is 40.1 Å². The van der Waals surface area contributed by atoms with Crippen molar-refractivity contribution in [3.63, 3.8) is 0 Å². The molecule has 2 aromatic carbocycles. The van der Waals surface area contributed by atoms with E-state index in [0.717, 1.165) is 17.5 Å². The minimum absolute atomic E-state index is 0.0733. The molecule has 0 aromatic heterocycles. The third-order valence-corrected chi connectivity index (χ3v) is 3.74. The summed E-state index contributed by atoms with van der Waals surface area (Å²) in [5, 5.41) is 0. The molecule has 0 bridgehead atoms. The molecule has 0 N–H and O–H groups in total. The van der Waals surface area contributed by atoms with E-state index in [9.17, 15) is 0 Å². The Hall–Kier alpha value is -1.72. The van der Waals surface area contributed by atoms with E-state index in [4.69, 9.17) is 18.9 Å². The van der Waals surface area contributed by atoms with Crippen LogP contribution in [0.2, 0.25) is 0 Å². The summed E-state index contributed by atoms with van der Waals surface area (Å²) in [6, 6.07) is 20.4. The summed E-state index contributed by atoms with van der Waals surface area (Å²) >= 11 is 0. The fraction of sp³-hybridized carbons (Fsp3) is 0.429. The Labute approximate surface area is 150 Å². The zero-order chi connectivity index (χ0) is 17.6. The number of hydrogen-bond donors (Lipinski definition) is 0. The zero-order valence-electron chi connectivity index (χ0n) is 14.9. The number of hydrogen-bond acceptors (Lipinski definition) is 4. The lowest BCUT2D eigenvalue weighted by molar-refractivity contribution is -0.0311. The molecule has 25 heavy (non-hydrogen) atoms. The second-order valence-corrected chi connectivity index (χ2v) is 5.73. The maximum Gasteiger partial charge on any atom is 0.106 e. The van der Waals surface area contributed by atoms with E-state index in [0.29, 0.717) is 39.6 Å². The molecule has 2 rings (SSSR count). The van der Waals surface area contributed by atoms with Crippen LogP contribution in [0.25, 0.3) is 0 Å². The average Bonchev–Trinajstić information content (AvgIpc) is 2.68. The van der Waals surface area contributed by atoms with Gasteiger partial charge in [-0.2, -0.15) is 0 Å². The van der Waals surface area contributed by atoms with Crippen LogP contribution < -0.4 is 0 Å². The molecule has 0 radical (unpaired) electrons. The molecule has 4 nitrogen and oxygen atoms in total. The second-order valence-electron chi connectivity index (χ2n) is 5.73. The molecule has 4 heteroatoms. The van der Waals surface area contributed by atoms with E-state index < -0.39 is 0 Å². The Morgan fingerprint density at radius 3 is 2.16 bits per heavy atom. The van der Waals surface area contributed by atoms with Crippen molar-refractivity contribution in [3.05, 3.63) is 71.8 Å². The van der Waals surface area contributed by atoms with Crippen LogP contribution in [0.15, 0.2) is 60.7 Å². The molecule has 0 heterocycles. The van der Waals surface area contributed by atoms with Gasteiger partial charge in [-0.25, -0.2) is 0 Å². The lowest BCUT2D eigenvalue weighted by Crippen LogP contribution is -2.13. The van der Waals surface area contributed by atoms with Crippen molar-refractivity contribution in [3.8, 4) is 0 Å². The molecular formula is C21H28O4. The summed E-state index contributed by atoms with van der Waals surface area (Å²) in [5.41, 5.74) is 2.30. The van der Waals surface area contributed by atoms with Crippen LogP contribution in [0.1, 0.15) is 23.7 Å². The van der Waals surface area contributed by atoms with Crippen molar-refractivity contribution in [1.29, 1.82) is 0 Å². The van der Waals surface area contributed by atoms with Crippen molar-refractivity contribution >= 4 is 0 Å². The Bertz CT molecular complexity index is 544. The summed E-state index contributed by atoms with van der Waals surface area (Å²) in [6.07, 6.45) is 0.792. The largest absolute Gasteiger partial charge is 0.382 e. The van der Waals surface area contributed by atoms with Crippen LogP contribution in [0.5, 0.6) is 0 Å². The molecule has 2 aromatic rings. The topological polar surface area (TPSA) is 36.9 Å². The van der Waals surface area contributed by atoms with Crippen molar-refractivity contribution in [1.82, 2.24) is 0 Å². The van der Waals surface area contributed by atoms with Crippen molar-refractivity contribution in [2.75, 3.05) is 40.1 Å². The van der Waals surface area contributed by atoms with Crippen LogP contribution in [0.3, 0.4) is 0 Å². The fourth-order valence-electron chi connectivity index (χ4n) is 2.38. The van der Waals surface area contributed by atoms with Gasteiger partial charge in [0.15, 0.2) is 0 Å². The number of ether oxygens (including phenoxy) is 4. The monoisotopic (exact) mass is 344 g/mol. The standard InChI is InChI=1S/C21H28O4/c1-22-15-16-23-13-8-14-24-18-21(20-11-6-3-7-12-20)25-17-19-9-4-2-5-10-19/h2-7,9-12,21H,8,13-18H2,1H3. The third kappa shape index (κ3) is 8.27. The van der Waals surface area contributed by atoms with Gasteiger partial charge in [0, 0.05) is 20.3 Å². The lowest BCUT2D eigenvalue weighted by atomic mass is 10.1. The van der Waals surface area contributed by atoms with Gasteiger partial charge in [0.2, 0.25) is 0 Å². The molecule has 1 unspecified atom stereocenters. The average molecular weight is 344 g/mol. The maximum absolute atomic E-state index is 6.10. The first-order valence-corrected chi connectivity index (χ1v) is 8.75. The molecule has 0 amide bonds. The van der Waals surface area contributed by atoms with Crippen LogP contribution in [-0.2, 0) is 25.6 Å². The van der Waals surface area contributed by atoms with Gasteiger partial charge in [-0.3, -0.25) is 0 Å². The van der Waals surface area contributed by atoms with E-state index >= 15 is 0 Å². The molecule has 0 aliphatic rings. The molecule has 0 spiro atoms. The normalized spacial score (nSPS) is 12.2. The summed E-state index contributed by atoms with van der Waals surface area (Å²) in [5.74, 6) is 0. The molecule has 0 aliphatic heterocycles. The Kier molecular flexibility index (Phi) is 9.89. The summed E-state index contributed by atoms with van der Waals surface area (Å²) in [6.45, 7) is 3.71. The first-order chi connectivity index (χ1) is 12.4. The van der Waals surface area contributed by atoms with E-state index in [1.807, 2.05) is 36.4 Å². The van der Waals surface area contributed by atoms with Gasteiger partial charge in [-0.05, 0) is 17.5 Å². The minimum atomic E-state index is -0.0733. The highest BCUT2D eigenvalue weighted by molar-refractivity contribution is 5.18.